The maximum atomic E-state index is 12.1. The van der Waals surface area contributed by atoms with Crippen molar-refractivity contribution in [2.75, 3.05) is 40.4 Å². The van der Waals surface area contributed by atoms with Crippen molar-refractivity contribution < 1.29 is 34.0 Å². The molecule has 0 radical (unpaired) electrons. The fraction of sp³-hybridized carbons (Fsp3) is 0.636. The lowest BCUT2D eigenvalue weighted by molar-refractivity contribution is -0.144. The summed E-state index contributed by atoms with van der Waals surface area (Å²) in [6.45, 7) is 7.41. The Morgan fingerprint density at radius 1 is 1.13 bits per heavy atom. The lowest BCUT2D eigenvalue weighted by atomic mass is 9.97. The van der Waals surface area contributed by atoms with Gasteiger partial charge in [-0.2, -0.15) is 0 Å². The van der Waals surface area contributed by atoms with Gasteiger partial charge in [0.25, 0.3) is 6.47 Å². The van der Waals surface area contributed by atoms with Crippen LogP contribution in [0.15, 0.2) is 18.2 Å². The standard InChI is InChI=1S/C21H32N2O5.CH2O2/c1-14-12-23(13-15(2)28-14)17-7-9-22(10-8-17)20(21(24)25)16-5-6-18(26-3)19(11-16)27-4;2-1-3/h5-6,11,14-15,17,20H,7-10,12-13H2,1-4H3,(H,24,25);1H,(H,2,3)/t14-,15+,20?;. The van der Waals surface area contributed by atoms with Gasteiger partial charge in [0.05, 0.1) is 26.4 Å². The summed E-state index contributed by atoms with van der Waals surface area (Å²) in [7, 11) is 3.14. The summed E-state index contributed by atoms with van der Waals surface area (Å²) in [5.74, 6) is 0.321. The molecule has 3 atom stereocenters. The van der Waals surface area contributed by atoms with Gasteiger partial charge in [0.15, 0.2) is 11.5 Å². The van der Waals surface area contributed by atoms with E-state index >= 15 is 0 Å². The van der Waals surface area contributed by atoms with E-state index in [9.17, 15) is 9.90 Å². The molecule has 0 saturated carbocycles. The van der Waals surface area contributed by atoms with Crippen molar-refractivity contribution in [2.45, 2.75) is 51.0 Å². The average Bonchev–Trinajstić information content (AvgIpc) is 2.74. The number of aliphatic carboxylic acids is 1. The number of hydrogen-bond acceptors (Lipinski definition) is 7. The van der Waals surface area contributed by atoms with Gasteiger partial charge in [0.1, 0.15) is 6.04 Å². The number of nitrogens with zero attached hydrogens (tertiary/aromatic N) is 2. The molecule has 2 N–H and O–H groups in total. The Kier molecular flexibility index (Phi) is 9.54. The molecule has 2 aliphatic rings. The van der Waals surface area contributed by atoms with Gasteiger partial charge in [0, 0.05) is 32.2 Å². The molecule has 0 bridgehead atoms. The van der Waals surface area contributed by atoms with E-state index in [1.165, 1.54) is 0 Å². The maximum absolute atomic E-state index is 12.1. The number of carboxylic acids is 1. The molecule has 174 valence electrons. The van der Waals surface area contributed by atoms with E-state index in [0.717, 1.165) is 44.6 Å². The lowest BCUT2D eigenvalue weighted by Crippen LogP contribution is -2.53. The molecule has 0 aromatic heterocycles. The van der Waals surface area contributed by atoms with E-state index in [1.54, 1.807) is 26.4 Å². The van der Waals surface area contributed by atoms with Crippen molar-refractivity contribution in [3.05, 3.63) is 23.8 Å². The summed E-state index contributed by atoms with van der Waals surface area (Å²) in [5.41, 5.74) is 0.720. The average molecular weight is 439 g/mol. The van der Waals surface area contributed by atoms with Crippen LogP contribution in [0, 0.1) is 0 Å². The third kappa shape index (κ3) is 6.56. The SMILES string of the molecule is COc1ccc(C(C(=O)O)N2CCC(N3C[C@@H](C)O[C@@H](C)C3)CC2)cc1OC.O=CO. The molecule has 2 aliphatic heterocycles. The van der Waals surface area contributed by atoms with Crippen LogP contribution in [0.5, 0.6) is 11.5 Å². The number of benzene rings is 1. The van der Waals surface area contributed by atoms with Gasteiger partial charge in [0.2, 0.25) is 0 Å². The third-order valence-corrected chi connectivity index (χ3v) is 5.79. The van der Waals surface area contributed by atoms with Crippen LogP contribution in [-0.4, -0.2) is 91.1 Å². The van der Waals surface area contributed by atoms with Gasteiger partial charge in [-0.3, -0.25) is 19.4 Å². The van der Waals surface area contributed by atoms with Crippen LogP contribution in [0.1, 0.15) is 38.3 Å². The van der Waals surface area contributed by atoms with Gasteiger partial charge in [-0.1, -0.05) is 6.07 Å². The number of rotatable bonds is 6. The zero-order valence-electron chi connectivity index (χ0n) is 18.7. The van der Waals surface area contributed by atoms with E-state index in [-0.39, 0.29) is 18.7 Å². The van der Waals surface area contributed by atoms with Crippen molar-refractivity contribution >= 4 is 12.4 Å². The summed E-state index contributed by atoms with van der Waals surface area (Å²) >= 11 is 0. The first-order chi connectivity index (χ1) is 14.8. The molecule has 2 saturated heterocycles. The predicted molar refractivity (Wildman–Crippen MR) is 115 cm³/mol. The number of morpholine rings is 1. The largest absolute Gasteiger partial charge is 0.493 e. The second-order valence-electron chi connectivity index (χ2n) is 7.94. The Bertz CT molecular complexity index is 712. The minimum Gasteiger partial charge on any atom is -0.493 e. The lowest BCUT2D eigenvalue weighted by Gasteiger charge is -2.44. The third-order valence-electron chi connectivity index (χ3n) is 5.79. The zero-order chi connectivity index (χ0) is 23.0. The number of carboxylic acid groups (broad SMARTS) is 2. The highest BCUT2D eigenvalue weighted by molar-refractivity contribution is 5.76. The summed E-state index contributed by atoms with van der Waals surface area (Å²) < 4.78 is 16.5. The molecule has 1 aromatic carbocycles. The van der Waals surface area contributed by atoms with Crippen molar-refractivity contribution in [2.24, 2.45) is 0 Å². The number of piperidine rings is 1. The molecular formula is C22H34N2O7. The second-order valence-corrected chi connectivity index (χ2v) is 7.94. The molecule has 9 heteroatoms. The van der Waals surface area contributed by atoms with Crippen LogP contribution >= 0.6 is 0 Å². The minimum absolute atomic E-state index is 0.250. The van der Waals surface area contributed by atoms with Gasteiger partial charge in [-0.25, -0.2) is 0 Å². The Hall–Kier alpha value is -2.36. The Labute approximate surface area is 183 Å². The van der Waals surface area contributed by atoms with Crippen LogP contribution in [0.3, 0.4) is 0 Å². The summed E-state index contributed by atoms with van der Waals surface area (Å²) in [5, 5.41) is 16.8. The summed E-state index contributed by atoms with van der Waals surface area (Å²) in [6.07, 6.45) is 2.44. The molecule has 3 rings (SSSR count). The van der Waals surface area contributed by atoms with Crippen molar-refractivity contribution in [1.82, 2.24) is 9.80 Å². The molecule has 1 unspecified atom stereocenters. The zero-order valence-corrected chi connectivity index (χ0v) is 18.7. The molecular weight excluding hydrogens is 404 g/mol. The number of carbonyl (C=O) groups is 2. The molecule has 9 nitrogen and oxygen atoms in total. The molecule has 1 aromatic rings. The van der Waals surface area contributed by atoms with E-state index in [2.05, 4.69) is 23.6 Å². The highest BCUT2D eigenvalue weighted by Crippen LogP contribution is 2.34. The first-order valence-corrected chi connectivity index (χ1v) is 10.5. The fourth-order valence-corrected chi connectivity index (χ4v) is 4.56. The van der Waals surface area contributed by atoms with Crippen molar-refractivity contribution in [3.63, 3.8) is 0 Å². The van der Waals surface area contributed by atoms with Crippen LogP contribution in [-0.2, 0) is 14.3 Å². The minimum atomic E-state index is -0.834. The quantitative estimate of drug-likeness (QED) is 0.645. The van der Waals surface area contributed by atoms with E-state index in [0.29, 0.717) is 17.5 Å². The number of likely N-dealkylation sites (tertiary alicyclic amines) is 1. The molecule has 0 amide bonds. The highest BCUT2D eigenvalue weighted by atomic mass is 16.5. The van der Waals surface area contributed by atoms with Gasteiger partial charge < -0.3 is 24.4 Å². The van der Waals surface area contributed by atoms with Crippen LogP contribution in [0.25, 0.3) is 0 Å². The molecule has 2 fully saturated rings. The Balaban J connectivity index is 0.00000107. The molecule has 0 aliphatic carbocycles. The monoisotopic (exact) mass is 438 g/mol. The maximum Gasteiger partial charge on any atom is 0.325 e. The normalized spacial score (nSPS) is 23.9. The highest BCUT2D eigenvalue weighted by Gasteiger charge is 2.35. The number of methoxy groups -OCH3 is 2. The Morgan fingerprint density at radius 2 is 1.68 bits per heavy atom. The van der Waals surface area contributed by atoms with E-state index in [4.69, 9.17) is 24.1 Å². The van der Waals surface area contributed by atoms with Gasteiger partial charge >= 0.3 is 5.97 Å². The molecule has 2 heterocycles. The van der Waals surface area contributed by atoms with E-state index < -0.39 is 12.0 Å². The number of ether oxygens (including phenoxy) is 3. The van der Waals surface area contributed by atoms with Crippen molar-refractivity contribution in [3.8, 4) is 11.5 Å². The van der Waals surface area contributed by atoms with Gasteiger partial charge in [-0.05, 0) is 44.4 Å². The topological polar surface area (TPSA) is 109 Å². The van der Waals surface area contributed by atoms with Crippen LogP contribution in [0.2, 0.25) is 0 Å². The molecule has 0 spiro atoms. The summed E-state index contributed by atoms with van der Waals surface area (Å²) in [4.78, 5) is 25.0. The first-order valence-electron chi connectivity index (χ1n) is 10.5. The fourth-order valence-electron chi connectivity index (χ4n) is 4.56. The van der Waals surface area contributed by atoms with Crippen LogP contribution < -0.4 is 9.47 Å². The molecule has 31 heavy (non-hydrogen) atoms. The Morgan fingerprint density at radius 3 is 2.16 bits per heavy atom. The smallest absolute Gasteiger partial charge is 0.325 e. The predicted octanol–water partition coefficient (Wildman–Crippen LogP) is 2.10. The number of hydrogen-bond donors (Lipinski definition) is 2. The van der Waals surface area contributed by atoms with Crippen LogP contribution in [0.4, 0.5) is 0 Å². The van der Waals surface area contributed by atoms with E-state index in [1.807, 2.05) is 6.07 Å². The summed E-state index contributed by atoms with van der Waals surface area (Å²) in [6, 6.07) is 5.17. The first kappa shape index (κ1) is 24.9. The second kappa shape index (κ2) is 11.9. The van der Waals surface area contributed by atoms with Gasteiger partial charge in [-0.15, -0.1) is 0 Å². The van der Waals surface area contributed by atoms with Crippen molar-refractivity contribution in [1.29, 1.82) is 0 Å².